The van der Waals surface area contributed by atoms with Gasteiger partial charge in [-0.1, -0.05) is 26.0 Å². The summed E-state index contributed by atoms with van der Waals surface area (Å²) in [4.78, 5) is 16.5. The van der Waals surface area contributed by atoms with Gasteiger partial charge in [0.2, 0.25) is 0 Å². The number of hydrogen-bond acceptors (Lipinski definition) is 4. The summed E-state index contributed by atoms with van der Waals surface area (Å²) in [5.74, 6) is 0.839. The number of halogens is 1. The smallest absolute Gasteiger partial charge is 0.409 e. The quantitative estimate of drug-likeness (QED) is 0.735. The maximum Gasteiger partial charge on any atom is 0.409 e. The average Bonchev–Trinajstić information content (AvgIpc) is 2.64. The van der Waals surface area contributed by atoms with Crippen LogP contribution in [0.5, 0.6) is 5.75 Å². The molecule has 0 unspecified atom stereocenters. The standard InChI is InChI=1S/C19H30N2O3.ClH/c1-4-17(5-2)20-11-13-21(14-12-20)19(22)24-15-10-16-6-8-18(23-3)9-7-16;/h6-9,17H,4-5,10-15H2,1-3H3;1H. The summed E-state index contributed by atoms with van der Waals surface area (Å²) in [6.07, 6.45) is 2.88. The van der Waals surface area contributed by atoms with Crippen LogP contribution in [0.25, 0.3) is 0 Å². The molecule has 1 heterocycles. The number of rotatable bonds is 7. The number of piperazine rings is 1. The minimum absolute atomic E-state index is 0. The number of methoxy groups -OCH3 is 1. The molecule has 1 aromatic rings. The van der Waals surface area contributed by atoms with Gasteiger partial charge in [0.15, 0.2) is 0 Å². The summed E-state index contributed by atoms with van der Waals surface area (Å²) in [6.45, 7) is 8.29. The van der Waals surface area contributed by atoms with E-state index in [2.05, 4.69) is 18.7 Å². The Balaban J connectivity index is 0.00000312. The minimum Gasteiger partial charge on any atom is -0.497 e. The normalized spacial score (nSPS) is 15.0. The molecule has 0 radical (unpaired) electrons. The molecule has 25 heavy (non-hydrogen) atoms. The van der Waals surface area contributed by atoms with Gasteiger partial charge in [-0.05, 0) is 30.5 Å². The summed E-state index contributed by atoms with van der Waals surface area (Å²) in [5.41, 5.74) is 1.14. The Morgan fingerprint density at radius 2 is 1.68 bits per heavy atom. The lowest BCUT2D eigenvalue weighted by atomic mass is 10.1. The lowest BCUT2D eigenvalue weighted by Gasteiger charge is -2.38. The molecule has 142 valence electrons. The van der Waals surface area contributed by atoms with E-state index in [4.69, 9.17) is 9.47 Å². The Kier molecular flexibility index (Phi) is 9.68. The number of carbonyl (C=O) groups excluding carboxylic acids is 1. The van der Waals surface area contributed by atoms with E-state index in [0.717, 1.165) is 43.9 Å². The zero-order valence-electron chi connectivity index (χ0n) is 15.6. The highest BCUT2D eigenvalue weighted by atomic mass is 35.5. The molecule has 1 saturated heterocycles. The van der Waals surface area contributed by atoms with E-state index in [-0.39, 0.29) is 18.5 Å². The topological polar surface area (TPSA) is 42.0 Å². The van der Waals surface area contributed by atoms with Gasteiger partial charge in [0, 0.05) is 38.6 Å². The van der Waals surface area contributed by atoms with Crippen molar-refractivity contribution >= 4 is 18.5 Å². The van der Waals surface area contributed by atoms with Crippen molar-refractivity contribution in [3.8, 4) is 5.75 Å². The van der Waals surface area contributed by atoms with E-state index in [1.165, 1.54) is 12.8 Å². The van der Waals surface area contributed by atoms with Crippen LogP contribution in [0.4, 0.5) is 4.79 Å². The van der Waals surface area contributed by atoms with Crippen LogP contribution in [0.2, 0.25) is 0 Å². The first-order chi connectivity index (χ1) is 11.7. The molecule has 6 heteroatoms. The van der Waals surface area contributed by atoms with Crippen molar-refractivity contribution in [3.63, 3.8) is 0 Å². The number of amides is 1. The second-order valence-corrected chi connectivity index (χ2v) is 6.21. The Morgan fingerprint density at radius 3 is 2.20 bits per heavy atom. The van der Waals surface area contributed by atoms with Crippen LogP contribution < -0.4 is 4.74 Å². The monoisotopic (exact) mass is 370 g/mol. The second-order valence-electron chi connectivity index (χ2n) is 6.21. The molecule has 0 bridgehead atoms. The molecule has 0 N–H and O–H groups in total. The van der Waals surface area contributed by atoms with Crippen molar-refractivity contribution in [1.82, 2.24) is 9.80 Å². The molecule has 1 aliphatic heterocycles. The fourth-order valence-corrected chi connectivity index (χ4v) is 3.21. The maximum atomic E-state index is 12.2. The molecule has 0 saturated carbocycles. The van der Waals surface area contributed by atoms with Gasteiger partial charge < -0.3 is 14.4 Å². The van der Waals surface area contributed by atoms with Crippen molar-refractivity contribution in [2.24, 2.45) is 0 Å². The molecule has 1 amide bonds. The molecule has 0 aromatic heterocycles. The SMILES string of the molecule is CCC(CC)N1CCN(C(=O)OCCc2ccc(OC)cc2)CC1.Cl. The first-order valence-electron chi connectivity index (χ1n) is 8.96. The molecule has 1 aliphatic rings. The molecule has 5 nitrogen and oxygen atoms in total. The zero-order valence-corrected chi connectivity index (χ0v) is 16.4. The average molecular weight is 371 g/mol. The van der Waals surface area contributed by atoms with Crippen LogP contribution in [0.15, 0.2) is 24.3 Å². The van der Waals surface area contributed by atoms with E-state index in [1.807, 2.05) is 29.2 Å². The number of benzene rings is 1. The first-order valence-corrected chi connectivity index (χ1v) is 8.96. The van der Waals surface area contributed by atoms with Crippen LogP contribution in [-0.2, 0) is 11.2 Å². The zero-order chi connectivity index (χ0) is 17.4. The van der Waals surface area contributed by atoms with Gasteiger partial charge >= 0.3 is 6.09 Å². The fourth-order valence-electron chi connectivity index (χ4n) is 3.21. The summed E-state index contributed by atoms with van der Waals surface area (Å²) >= 11 is 0. The van der Waals surface area contributed by atoms with E-state index in [9.17, 15) is 4.79 Å². The fraction of sp³-hybridized carbons (Fsp3) is 0.632. The second kappa shape index (κ2) is 11.2. The molecule has 1 aromatic carbocycles. The number of ether oxygens (including phenoxy) is 2. The summed E-state index contributed by atoms with van der Waals surface area (Å²) in [7, 11) is 1.65. The van der Waals surface area contributed by atoms with Crippen molar-refractivity contribution < 1.29 is 14.3 Å². The van der Waals surface area contributed by atoms with Gasteiger partial charge in [-0.3, -0.25) is 4.90 Å². The van der Waals surface area contributed by atoms with Gasteiger partial charge in [0.05, 0.1) is 13.7 Å². The lowest BCUT2D eigenvalue weighted by Crippen LogP contribution is -2.51. The van der Waals surface area contributed by atoms with Gasteiger partial charge in [0.1, 0.15) is 5.75 Å². The maximum absolute atomic E-state index is 12.2. The number of hydrogen-bond donors (Lipinski definition) is 0. The highest BCUT2D eigenvalue weighted by Gasteiger charge is 2.25. The van der Waals surface area contributed by atoms with Gasteiger partial charge in [-0.25, -0.2) is 4.79 Å². The van der Waals surface area contributed by atoms with E-state index in [0.29, 0.717) is 12.6 Å². The molecular formula is C19H31ClN2O3. The summed E-state index contributed by atoms with van der Waals surface area (Å²) < 4.78 is 10.6. The molecule has 0 atom stereocenters. The van der Waals surface area contributed by atoms with Gasteiger partial charge in [0.25, 0.3) is 0 Å². The predicted octanol–water partition coefficient (Wildman–Crippen LogP) is 3.60. The van der Waals surface area contributed by atoms with E-state index >= 15 is 0 Å². The summed E-state index contributed by atoms with van der Waals surface area (Å²) in [5, 5.41) is 0. The number of carbonyl (C=O) groups is 1. The van der Waals surface area contributed by atoms with Crippen LogP contribution >= 0.6 is 12.4 Å². The predicted molar refractivity (Wildman–Crippen MR) is 103 cm³/mol. The number of nitrogens with zero attached hydrogens (tertiary/aromatic N) is 2. The van der Waals surface area contributed by atoms with Crippen LogP contribution in [-0.4, -0.2) is 61.8 Å². The van der Waals surface area contributed by atoms with E-state index < -0.39 is 0 Å². The Morgan fingerprint density at radius 1 is 1.08 bits per heavy atom. The van der Waals surface area contributed by atoms with Crippen molar-refractivity contribution in [3.05, 3.63) is 29.8 Å². The minimum atomic E-state index is -0.187. The third kappa shape index (κ3) is 6.40. The van der Waals surface area contributed by atoms with Crippen molar-refractivity contribution in [1.29, 1.82) is 0 Å². The molecular weight excluding hydrogens is 340 g/mol. The van der Waals surface area contributed by atoms with E-state index in [1.54, 1.807) is 7.11 Å². The van der Waals surface area contributed by atoms with Crippen LogP contribution in [0, 0.1) is 0 Å². The highest BCUT2D eigenvalue weighted by Crippen LogP contribution is 2.14. The third-order valence-electron chi connectivity index (χ3n) is 4.81. The van der Waals surface area contributed by atoms with Gasteiger partial charge in [-0.2, -0.15) is 0 Å². The lowest BCUT2D eigenvalue weighted by molar-refractivity contribution is 0.0624. The highest BCUT2D eigenvalue weighted by molar-refractivity contribution is 5.85. The molecule has 0 spiro atoms. The summed E-state index contributed by atoms with van der Waals surface area (Å²) in [6, 6.07) is 8.49. The molecule has 0 aliphatic carbocycles. The molecule has 2 rings (SSSR count). The van der Waals surface area contributed by atoms with Crippen LogP contribution in [0.3, 0.4) is 0 Å². The largest absolute Gasteiger partial charge is 0.497 e. The Labute approximate surface area is 157 Å². The molecule has 1 fully saturated rings. The van der Waals surface area contributed by atoms with Crippen molar-refractivity contribution in [2.45, 2.75) is 39.2 Å². The van der Waals surface area contributed by atoms with Gasteiger partial charge in [-0.15, -0.1) is 12.4 Å². The Bertz CT molecular complexity index is 498. The van der Waals surface area contributed by atoms with Crippen molar-refractivity contribution in [2.75, 3.05) is 39.9 Å². The van der Waals surface area contributed by atoms with Crippen LogP contribution in [0.1, 0.15) is 32.3 Å². The first kappa shape index (κ1) is 21.6. The third-order valence-corrected chi connectivity index (χ3v) is 4.81. The Hall–Kier alpha value is -1.46.